The van der Waals surface area contributed by atoms with E-state index in [0.717, 1.165) is 5.75 Å². The predicted molar refractivity (Wildman–Crippen MR) is 130 cm³/mol. The van der Waals surface area contributed by atoms with Gasteiger partial charge in [-0.1, -0.05) is 66.7 Å². The lowest BCUT2D eigenvalue weighted by molar-refractivity contribution is -0.189. The SMILES string of the molecule is CCS[C@H]1OC(C)[C@@H](OC(=O)c2ccccc2)C(O)[C@@H]1O[Si](C(C)C)(C(C)C)C(C)C. The van der Waals surface area contributed by atoms with Crippen LogP contribution in [0.15, 0.2) is 30.3 Å². The lowest BCUT2D eigenvalue weighted by Gasteiger charge is -2.50. The van der Waals surface area contributed by atoms with E-state index >= 15 is 0 Å². The molecule has 7 heteroatoms. The summed E-state index contributed by atoms with van der Waals surface area (Å²) in [5, 5.41) is 11.4. The Kier molecular flexibility index (Phi) is 9.64. The van der Waals surface area contributed by atoms with Crippen molar-refractivity contribution in [3.05, 3.63) is 35.9 Å². The van der Waals surface area contributed by atoms with Crippen LogP contribution in [0, 0.1) is 0 Å². The van der Waals surface area contributed by atoms with Crippen molar-refractivity contribution in [2.75, 3.05) is 5.75 Å². The first-order valence-corrected chi connectivity index (χ1v) is 14.6. The summed E-state index contributed by atoms with van der Waals surface area (Å²) in [5.41, 5.74) is 1.27. The molecule has 0 radical (unpaired) electrons. The van der Waals surface area contributed by atoms with Gasteiger partial charge in [-0.25, -0.2) is 4.79 Å². The van der Waals surface area contributed by atoms with Crippen LogP contribution in [-0.4, -0.2) is 55.0 Å². The number of esters is 1. The molecule has 1 aliphatic rings. The third-order valence-corrected chi connectivity index (χ3v) is 13.5. The molecule has 1 aromatic rings. The third-order valence-electron chi connectivity index (χ3n) is 6.38. The van der Waals surface area contributed by atoms with Gasteiger partial charge in [0.15, 0.2) is 6.10 Å². The number of benzene rings is 1. The minimum Gasteiger partial charge on any atom is -0.453 e. The van der Waals surface area contributed by atoms with E-state index in [2.05, 4.69) is 48.5 Å². The molecule has 0 aliphatic carbocycles. The zero-order chi connectivity index (χ0) is 23.3. The van der Waals surface area contributed by atoms with E-state index in [1.54, 1.807) is 36.0 Å². The molecule has 2 rings (SSSR count). The standard InChI is InChI=1S/C24H40O5SSi/c1-9-30-24-22(29-31(15(2)3,16(4)5)17(6)7)20(25)21(18(8)27-24)28-23(26)19-13-11-10-12-14-19/h10-18,20-22,24-25H,9H2,1-8H3/t18?,20?,21-,22+,24-/m1/s1. The second-order valence-electron chi connectivity index (χ2n) is 9.29. The minimum atomic E-state index is -2.28. The lowest BCUT2D eigenvalue weighted by atomic mass is 10.0. The van der Waals surface area contributed by atoms with Gasteiger partial charge < -0.3 is 19.0 Å². The molecule has 5 nitrogen and oxygen atoms in total. The van der Waals surface area contributed by atoms with Gasteiger partial charge in [-0.15, -0.1) is 11.8 Å². The van der Waals surface area contributed by atoms with Crippen LogP contribution in [0.5, 0.6) is 0 Å². The number of carbonyl (C=O) groups is 1. The van der Waals surface area contributed by atoms with Crippen molar-refractivity contribution in [2.45, 2.75) is 102 Å². The molecule has 31 heavy (non-hydrogen) atoms. The zero-order valence-corrected chi connectivity index (χ0v) is 22.0. The first-order chi connectivity index (χ1) is 14.6. The summed E-state index contributed by atoms with van der Waals surface area (Å²) in [4.78, 5) is 12.7. The second-order valence-corrected chi connectivity index (χ2v) is 16.1. The highest BCUT2D eigenvalue weighted by molar-refractivity contribution is 7.99. The third kappa shape index (κ3) is 5.74. The Morgan fingerprint density at radius 3 is 2.10 bits per heavy atom. The quantitative estimate of drug-likeness (QED) is 0.374. The molecule has 0 bridgehead atoms. The molecule has 5 atom stereocenters. The van der Waals surface area contributed by atoms with Crippen LogP contribution in [0.3, 0.4) is 0 Å². The highest BCUT2D eigenvalue weighted by atomic mass is 32.2. The monoisotopic (exact) mass is 468 g/mol. The van der Waals surface area contributed by atoms with Crippen LogP contribution < -0.4 is 0 Å². The smallest absolute Gasteiger partial charge is 0.338 e. The van der Waals surface area contributed by atoms with Gasteiger partial charge in [0.25, 0.3) is 0 Å². The summed E-state index contributed by atoms with van der Waals surface area (Å²) in [6.45, 7) is 17.3. The Morgan fingerprint density at radius 2 is 1.61 bits per heavy atom. The normalized spacial score (nSPS) is 27.2. The van der Waals surface area contributed by atoms with Crippen LogP contribution >= 0.6 is 11.8 Å². The number of rotatable bonds is 9. The average Bonchev–Trinajstić information content (AvgIpc) is 2.70. The zero-order valence-electron chi connectivity index (χ0n) is 20.2. The molecule has 1 aromatic carbocycles. The van der Waals surface area contributed by atoms with E-state index < -0.39 is 38.7 Å². The fourth-order valence-electron chi connectivity index (χ4n) is 4.99. The fraction of sp³-hybridized carbons (Fsp3) is 0.708. The Balaban J connectivity index is 2.34. The lowest BCUT2D eigenvalue weighted by Crippen LogP contribution is -2.62. The number of hydrogen-bond acceptors (Lipinski definition) is 6. The summed E-state index contributed by atoms with van der Waals surface area (Å²) in [7, 11) is -2.28. The Bertz CT molecular complexity index is 675. The molecule has 0 saturated carbocycles. The number of aliphatic hydroxyl groups is 1. The fourth-order valence-corrected chi connectivity index (χ4v) is 11.6. The van der Waals surface area contributed by atoms with E-state index in [4.69, 9.17) is 13.9 Å². The molecule has 1 aliphatic heterocycles. The largest absolute Gasteiger partial charge is 0.453 e. The second kappa shape index (κ2) is 11.3. The molecular formula is C24H40O5SSi. The van der Waals surface area contributed by atoms with E-state index in [1.165, 1.54) is 0 Å². The number of thioether (sulfide) groups is 1. The molecule has 0 aromatic heterocycles. The van der Waals surface area contributed by atoms with Crippen molar-refractivity contribution in [2.24, 2.45) is 0 Å². The van der Waals surface area contributed by atoms with Gasteiger partial charge in [-0.3, -0.25) is 0 Å². The van der Waals surface area contributed by atoms with Crippen molar-refractivity contribution >= 4 is 26.0 Å². The maximum absolute atomic E-state index is 12.7. The van der Waals surface area contributed by atoms with Crippen LogP contribution in [-0.2, 0) is 13.9 Å². The van der Waals surface area contributed by atoms with Crippen molar-refractivity contribution in [3.8, 4) is 0 Å². The first kappa shape index (κ1) is 26.4. The highest BCUT2D eigenvalue weighted by Crippen LogP contribution is 2.45. The predicted octanol–water partition coefficient (Wildman–Crippen LogP) is 5.63. The number of ether oxygens (including phenoxy) is 2. The molecule has 176 valence electrons. The van der Waals surface area contributed by atoms with E-state index in [0.29, 0.717) is 22.2 Å². The van der Waals surface area contributed by atoms with E-state index in [9.17, 15) is 9.90 Å². The molecular weight excluding hydrogens is 428 g/mol. The molecule has 0 amide bonds. The minimum absolute atomic E-state index is 0.301. The van der Waals surface area contributed by atoms with Crippen LogP contribution in [0.25, 0.3) is 0 Å². The Hall–Kier alpha value is -0.863. The molecule has 1 N–H and O–H groups in total. The molecule has 1 saturated heterocycles. The van der Waals surface area contributed by atoms with E-state index in [-0.39, 0.29) is 5.44 Å². The van der Waals surface area contributed by atoms with Gasteiger partial charge in [0.1, 0.15) is 17.6 Å². The summed E-state index contributed by atoms with van der Waals surface area (Å²) < 4.78 is 19.0. The van der Waals surface area contributed by atoms with Crippen molar-refractivity contribution in [1.82, 2.24) is 0 Å². The molecule has 2 unspecified atom stereocenters. The van der Waals surface area contributed by atoms with Crippen molar-refractivity contribution in [3.63, 3.8) is 0 Å². The van der Waals surface area contributed by atoms with E-state index in [1.807, 2.05) is 13.0 Å². The molecule has 1 fully saturated rings. The number of aliphatic hydroxyl groups excluding tert-OH is 1. The molecule has 1 heterocycles. The van der Waals surface area contributed by atoms with Gasteiger partial charge in [0.05, 0.1) is 11.7 Å². The summed E-state index contributed by atoms with van der Waals surface area (Å²) in [5.74, 6) is 0.387. The van der Waals surface area contributed by atoms with Gasteiger partial charge in [0, 0.05) is 0 Å². The summed E-state index contributed by atoms with van der Waals surface area (Å²) >= 11 is 1.64. The maximum Gasteiger partial charge on any atom is 0.338 e. The van der Waals surface area contributed by atoms with Gasteiger partial charge in [0.2, 0.25) is 8.32 Å². The van der Waals surface area contributed by atoms with Crippen LogP contribution in [0.4, 0.5) is 0 Å². The average molecular weight is 469 g/mol. The Labute approximate surface area is 193 Å². The molecule has 0 spiro atoms. The summed E-state index contributed by atoms with van der Waals surface area (Å²) in [6, 6.07) is 8.85. The summed E-state index contributed by atoms with van der Waals surface area (Å²) in [6.07, 6.45) is -2.72. The van der Waals surface area contributed by atoms with Crippen molar-refractivity contribution in [1.29, 1.82) is 0 Å². The van der Waals surface area contributed by atoms with Gasteiger partial charge in [-0.05, 0) is 41.4 Å². The Morgan fingerprint density at radius 1 is 1.06 bits per heavy atom. The van der Waals surface area contributed by atoms with Crippen molar-refractivity contribution < 1.29 is 23.8 Å². The first-order valence-electron chi connectivity index (χ1n) is 11.4. The van der Waals surface area contributed by atoms with Gasteiger partial charge in [-0.2, -0.15) is 0 Å². The highest BCUT2D eigenvalue weighted by Gasteiger charge is 2.53. The van der Waals surface area contributed by atoms with Crippen LogP contribution in [0.2, 0.25) is 16.6 Å². The maximum atomic E-state index is 12.7. The number of hydrogen-bond donors (Lipinski definition) is 1. The topological polar surface area (TPSA) is 65.0 Å². The number of carbonyl (C=O) groups excluding carboxylic acids is 1. The van der Waals surface area contributed by atoms with Crippen LogP contribution in [0.1, 0.15) is 65.7 Å². The van der Waals surface area contributed by atoms with Gasteiger partial charge >= 0.3 is 5.97 Å².